The zero-order chi connectivity index (χ0) is 25.0. The minimum Gasteiger partial charge on any atom is -0.493 e. The first kappa shape index (κ1) is 23.5. The van der Waals surface area contributed by atoms with Gasteiger partial charge in [-0.2, -0.15) is 0 Å². The molecule has 1 aliphatic heterocycles. The first-order valence-corrected chi connectivity index (χ1v) is 12.3. The summed E-state index contributed by atoms with van der Waals surface area (Å²) in [6.07, 6.45) is 3.59. The lowest BCUT2D eigenvalue weighted by Gasteiger charge is -2.40. The summed E-state index contributed by atoms with van der Waals surface area (Å²) in [7, 11) is 3.90. The normalized spacial score (nSPS) is 23.9. The number of para-hydroxylation sites is 1. The molecule has 0 unspecified atom stereocenters. The van der Waals surface area contributed by atoms with Crippen LogP contribution in [-0.4, -0.2) is 47.2 Å². The van der Waals surface area contributed by atoms with E-state index in [1.807, 2.05) is 60.0 Å². The SMILES string of the molecule is CN(C)c1ccc(C(=O)N=Nc2c(O)n(CN3C[C@]4(C)C[C@H]3CC(C)(C)C4)c3ccccc23)cc1. The molecule has 1 N–H and O–H groups in total. The molecule has 7 nitrogen and oxygen atoms in total. The molecule has 2 aliphatic rings. The number of aromatic nitrogens is 1. The number of benzene rings is 2. The summed E-state index contributed by atoms with van der Waals surface area (Å²) >= 11 is 0. The molecular weight excluding hydrogens is 438 g/mol. The number of carbonyl (C=O) groups is 1. The van der Waals surface area contributed by atoms with Gasteiger partial charge in [-0.25, -0.2) is 0 Å². The number of azo groups is 1. The molecule has 1 saturated carbocycles. The molecule has 2 aromatic carbocycles. The Bertz CT molecular complexity index is 1290. The third-order valence-electron chi connectivity index (χ3n) is 7.64. The molecule has 2 fully saturated rings. The second-order valence-corrected chi connectivity index (χ2v) is 11.7. The second kappa shape index (κ2) is 8.48. The Morgan fingerprint density at radius 3 is 2.51 bits per heavy atom. The van der Waals surface area contributed by atoms with Crippen LogP contribution in [0.2, 0.25) is 0 Å². The van der Waals surface area contributed by atoms with Crippen molar-refractivity contribution in [2.24, 2.45) is 21.1 Å². The summed E-state index contributed by atoms with van der Waals surface area (Å²) in [5.41, 5.74) is 3.34. The molecule has 2 heterocycles. The van der Waals surface area contributed by atoms with Crippen molar-refractivity contribution in [2.45, 2.75) is 52.7 Å². The molecule has 5 rings (SSSR count). The average molecular weight is 474 g/mol. The second-order valence-electron chi connectivity index (χ2n) is 11.7. The first-order chi connectivity index (χ1) is 16.6. The number of hydrogen-bond donors (Lipinski definition) is 1. The Morgan fingerprint density at radius 2 is 1.80 bits per heavy atom. The highest BCUT2D eigenvalue weighted by atomic mass is 16.3. The maximum Gasteiger partial charge on any atom is 0.295 e. The minimum atomic E-state index is -0.435. The van der Waals surface area contributed by atoms with Crippen LogP contribution in [0.3, 0.4) is 0 Å². The van der Waals surface area contributed by atoms with Crippen molar-refractivity contribution in [2.75, 3.05) is 25.5 Å². The number of carbonyl (C=O) groups excluding carboxylic acids is 1. The van der Waals surface area contributed by atoms with E-state index in [-0.39, 0.29) is 5.88 Å². The molecule has 3 aromatic rings. The van der Waals surface area contributed by atoms with Crippen molar-refractivity contribution in [1.29, 1.82) is 0 Å². The Kier molecular flexibility index (Phi) is 5.71. The van der Waals surface area contributed by atoms with Gasteiger partial charge in [-0.15, -0.1) is 10.2 Å². The summed E-state index contributed by atoms with van der Waals surface area (Å²) in [6.45, 7) is 8.74. The van der Waals surface area contributed by atoms with Crippen LogP contribution in [-0.2, 0) is 6.67 Å². The number of aromatic hydroxyl groups is 1. The molecule has 1 saturated heterocycles. The lowest BCUT2D eigenvalue weighted by atomic mass is 9.65. The summed E-state index contributed by atoms with van der Waals surface area (Å²) in [6, 6.07) is 15.5. The van der Waals surface area contributed by atoms with Crippen LogP contribution in [0.15, 0.2) is 58.8 Å². The summed E-state index contributed by atoms with van der Waals surface area (Å²) < 4.78 is 1.91. The monoisotopic (exact) mass is 473 g/mol. The summed E-state index contributed by atoms with van der Waals surface area (Å²) in [5, 5.41) is 20.2. The topological polar surface area (TPSA) is 73.4 Å². The maximum atomic E-state index is 12.7. The summed E-state index contributed by atoms with van der Waals surface area (Å²) in [4.78, 5) is 17.2. The van der Waals surface area contributed by atoms with Crippen LogP contribution < -0.4 is 4.90 Å². The molecule has 0 spiro atoms. The van der Waals surface area contributed by atoms with Gasteiger partial charge in [0, 0.05) is 43.3 Å². The number of anilines is 1. The van der Waals surface area contributed by atoms with Crippen molar-refractivity contribution >= 4 is 28.2 Å². The van der Waals surface area contributed by atoms with Crippen LogP contribution in [0.4, 0.5) is 11.4 Å². The Morgan fingerprint density at radius 1 is 1.09 bits per heavy atom. The summed E-state index contributed by atoms with van der Waals surface area (Å²) in [5.74, 6) is -0.383. The first-order valence-electron chi connectivity index (χ1n) is 12.3. The zero-order valence-electron chi connectivity index (χ0n) is 21.3. The van der Waals surface area contributed by atoms with Crippen molar-refractivity contribution < 1.29 is 9.90 Å². The van der Waals surface area contributed by atoms with Crippen LogP contribution in [0.5, 0.6) is 5.88 Å². The van der Waals surface area contributed by atoms with Gasteiger partial charge in [-0.1, -0.05) is 39.0 Å². The van der Waals surface area contributed by atoms with E-state index >= 15 is 0 Å². The smallest absolute Gasteiger partial charge is 0.295 e. The van der Waals surface area contributed by atoms with E-state index in [0.717, 1.165) is 29.6 Å². The molecule has 1 aromatic heterocycles. The molecule has 184 valence electrons. The fourth-order valence-corrected chi connectivity index (χ4v) is 6.49. The highest BCUT2D eigenvalue weighted by Gasteiger charge is 2.49. The van der Waals surface area contributed by atoms with Crippen LogP contribution in [0.25, 0.3) is 10.9 Å². The lowest BCUT2D eigenvalue weighted by Crippen LogP contribution is -2.35. The van der Waals surface area contributed by atoms with Gasteiger partial charge < -0.3 is 10.0 Å². The Labute approximate surface area is 207 Å². The van der Waals surface area contributed by atoms with Crippen LogP contribution >= 0.6 is 0 Å². The van der Waals surface area contributed by atoms with Gasteiger partial charge in [0.15, 0.2) is 5.69 Å². The number of hydrogen-bond acceptors (Lipinski definition) is 5. The van der Waals surface area contributed by atoms with Gasteiger partial charge in [0.1, 0.15) is 0 Å². The van der Waals surface area contributed by atoms with Gasteiger partial charge in [-0.05, 0) is 60.4 Å². The van der Waals surface area contributed by atoms with Crippen molar-refractivity contribution in [3.05, 3.63) is 54.1 Å². The van der Waals surface area contributed by atoms with E-state index in [0.29, 0.717) is 34.8 Å². The third-order valence-corrected chi connectivity index (χ3v) is 7.64. The number of likely N-dealkylation sites (tertiary alicyclic amines) is 1. The van der Waals surface area contributed by atoms with Gasteiger partial charge in [0.2, 0.25) is 5.88 Å². The minimum absolute atomic E-state index is 0.0524. The van der Waals surface area contributed by atoms with E-state index in [1.165, 1.54) is 12.8 Å². The van der Waals surface area contributed by atoms with E-state index in [9.17, 15) is 9.90 Å². The Hall–Kier alpha value is -3.19. The van der Waals surface area contributed by atoms with Crippen molar-refractivity contribution in [1.82, 2.24) is 9.47 Å². The molecule has 2 bridgehead atoms. The third kappa shape index (κ3) is 4.45. The van der Waals surface area contributed by atoms with Gasteiger partial charge in [-0.3, -0.25) is 14.3 Å². The van der Waals surface area contributed by atoms with E-state index in [1.54, 1.807) is 12.1 Å². The standard InChI is InChI=1S/C28H35N5O2/c1-27(2)14-21-15-28(3,16-27)17-32(21)18-33-23-9-7-6-8-22(23)24(26(33)35)29-30-25(34)19-10-12-20(13-11-19)31(4)5/h6-13,21,35H,14-18H2,1-5H3/t21-,28-/m1/s1. The fraction of sp³-hybridized carbons (Fsp3) is 0.464. The number of nitrogens with zero attached hydrogens (tertiary/aromatic N) is 5. The zero-order valence-corrected chi connectivity index (χ0v) is 21.3. The molecular formula is C28H35N5O2. The molecule has 1 aliphatic carbocycles. The molecule has 2 atom stereocenters. The molecule has 35 heavy (non-hydrogen) atoms. The molecule has 0 radical (unpaired) electrons. The van der Waals surface area contributed by atoms with Gasteiger partial charge in [0.25, 0.3) is 5.91 Å². The predicted molar refractivity (Wildman–Crippen MR) is 139 cm³/mol. The highest BCUT2D eigenvalue weighted by molar-refractivity contribution is 5.97. The quantitative estimate of drug-likeness (QED) is 0.448. The predicted octanol–water partition coefficient (Wildman–Crippen LogP) is 6.20. The lowest BCUT2D eigenvalue weighted by molar-refractivity contribution is 0.0995. The maximum absolute atomic E-state index is 12.7. The van der Waals surface area contributed by atoms with Crippen molar-refractivity contribution in [3.63, 3.8) is 0 Å². The van der Waals surface area contributed by atoms with Crippen molar-refractivity contribution in [3.8, 4) is 5.88 Å². The van der Waals surface area contributed by atoms with Crippen LogP contribution in [0.1, 0.15) is 50.4 Å². The molecule has 1 amide bonds. The molecule has 7 heteroatoms. The van der Waals surface area contributed by atoms with Gasteiger partial charge >= 0.3 is 0 Å². The Balaban J connectivity index is 1.43. The van der Waals surface area contributed by atoms with E-state index in [2.05, 4.69) is 35.9 Å². The van der Waals surface area contributed by atoms with E-state index in [4.69, 9.17) is 0 Å². The average Bonchev–Trinajstić information content (AvgIpc) is 3.20. The number of rotatable bonds is 5. The van der Waals surface area contributed by atoms with E-state index < -0.39 is 5.91 Å². The number of amides is 1. The van der Waals surface area contributed by atoms with Gasteiger partial charge in [0.05, 0.1) is 12.2 Å². The number of fused-ring (bicyclic) bond motifs is 3. The largest absolute Gasteiger partial charge is 0.493 e. The fourth-order valence-electron chi connectivity index (χ4n) is 6.49. The van der Waals surface area contributed by atoms with Crippen LogP contribution in [0, 0.1) is 10.8 Å². The highest BCUT2D eigenvalue weighted by Crippen LogP contribution is 2.53.